The van der Waals surface area contributed by atoms with E-state index in [0.717, 1.165) is 9.87 Å². The Labute approximate surface area is 159 Å². The van der Waals surface area contributed by atoms with Gasteiger partial charge in [-0.05, 0) is 36.6 Å². The Balaban J connectivity index is 2.09. The molecule has 0 aromatic heterocycles. The largest absolute Gasteiger partial charge is 0.438 e. The van der Waals surface area contributed by atoms with E-state index in [0.29, 0.717) is 17.6 Å². The van der Waals surface area contributed by atoms with E-state index in [-0.39, 0.29) is 4.90 Å². The van der Waals surface area contributed by atoms with Crippen LogP contribution in [0.3, 0.4) is 0 Å². The van der Waals surface area contributed by atoms with Crippen molar-refractivity contribution in [2.24, 2.45) is 0 Å². The maximum Gasteiger partial charge on any atom is 0.425 e. The van der Waals surface area contributed by atoms with Crippen molar-refractivity contribution in [3.05, 3.63) is 90.5 Å². The first-order valence-electron chi connectivity index (χ1n) is 8.51. The summed E-state index contributed by atoms with van der Waals surface area (Å²) in [5, 5.41) is 0. The highest BCUT2D eigenvalue weighted by Gasteiger charge is 2.50. The SMILES string of the molecule is C=CCC(=C)[C@H]1[C@H](c2ccccc2)OC(=O)N1S(=O)(=O)c1ccc(C)cc1. The Morgan fingerprint density at radius 1 is 1.15 bits per heavy atom. The summed E-state index contributed by atoms with van der Waals surface area (Å²) in [4.78, 5) is 12.7. The van der Waals surface area contributed by atoms with Crippen molar-refractivity contribution in [3.8, 4) is 0 Å². The fraction of sp³-hybridized carbons (Fsp3) is 0.190. The van der Waals surface area contributed by atoms with E-state index in [1.54, 1.807) is 30.3 Å². The highest BCUT2D eigenvalue weighted by atomic mass is 32.2. The van der Waals surface area contributed by atoms with Gasteiger partial charge in [-0.1, -0.05) is 60.7 Å². The maximum atomic E-state index is 13.2. The van der Waals surface area contributed by atoms with Crippen molar-refractivity contribution < 1.29 is 17.9 Å². The van der Waals surface area contributed by atoms with E-state index >= 15 is 0 Å². The zero-order valence-corrected chi connectivity index (χ0v) is 15.9. The summed E-state index contributed by atoms with van der Waals surface area (Å²) in [5.41, 5.74) is 2.18. The zero-order chi connectivity index (χ0) is 19.6. The Morgan fingerprint density at radius 2 is 1.78 bits per heavy atom. The minimum Gasteiger partial charge on any atom is -0.438 e. The van der Waals surface area contributed by atoms with Gasteiger partial charge in [0.1, 0.15) is 6.04 Å². The fourth-order valence-electron chi connectivity index (χ4n) is 3.11. The minimum absolute atomic E-state index is 0.0372. The van der Waals surface area contributed by atoms with E-state index in [1.165, 1.54) is 12.1 Å². The predicted molar refractivity (Wildman–Crippen MR) is 104 cm³/mol. The lowest BCUT2D eigenvalue weighted by molar-refractivity contribution is 0.134. The normalized spacial score (nSPS) is 19.6. The van der Waals surface area contributed by atoms with Crippen LogP contribution >= 0.6 is 0 Å². The van der Waals surface area contributed by atoms with Crippen LogP contribution in [0.2, 0.25) is 0 Å². The van der Waals surface area contributed by atoms with Crippen LogP contribution in [0, 0.1) is 6.92 Å². The number of cyclic esters (lactones) is 1. The fourth-order valence-corrected chi connectivity index (χ4v) is 4.62. The number of hydrogen-bond acceptors (Lipinski definition) is 4. The third-order valence-corrected chi connectivity index (χ3v) is 6.24. The van der Waals surface area contributed by atoms with Gasteiger partial charge in [0.25, 0.3) is 10.0 Å². The Hall–Kier alpha value is -2.86. The average molecular weight is 383 g/mol. The molecule has 0 unspecified atom stereocenters. The number of ether oxygens (including phenoxy) is 1. The molecular formula is C21H21NO4S. The van der Waals surface area contributed by atoms with Crippen molar-refractivity contribution in [2.75, 3.05) is 0 Å². The first-order chi connectivity index (χ1) is 12.9. The second-order valence-corrected chi connectivity index (χ2v) is 8.24. The zero-order valence-electron chi connectivity index (χ0n) is 15.0. The lowest BCUT2D eigenvalue weighted by Crippen LogP contribution is -2.40. The lowest BCUT2D eigenvalue weighted by atomic mass is 9.95. The summed E-state index contributed by atoms with van der Waals surface area (Å²) in [5.74, 6) is 0. The summed E-state index contributed by atoms with van der Waals surface area (Å²) in [7, 11) is -4.09. The number of carbonyl (C=O) groups excluding carboxylic acids is 1. The van der Waals surface area contributed by atoms with Crippen LogP contribution in [0.25, 0.3) is 0 Å². The maximum absolute atomic E-state index is 13.2. The van der Waals surface area contributed by atoms with E-state index in [1.807, 2.05) is 25.1 Å². The lowest BCUT2D eigenvalue weighted by Gasteiger charge is -2.26. The molecule has 5 nitrogen and oxygen atoms in total. The molecule has 0 spiro atoms. The molecular weight excluding hydrogens is 362 g/mol. The molecule has 0 N–H and O–H groups in total. The molecule has 3 rings (SSSR count). The van der Waals surface area contributed by atoms with Crippen LogP contribution in [0.1, 0.15) is 23.7 Å². The molecule has 1 saturated heterocycles. The van der Waals surface area contributed by atoms with Crippen molar-refractivity contribution in [1.82, 2.24) is 4.31 Å². The monoisotopic (exact) mass is 383 g/mol. The Morgan fingerprint density at radius 3 is 2.37 bits per heavy atom. The number of aryl methyl sites for hydroxylation is 1. The highest BCUT2D eigenvalue weighted by Crippen LogP contribution is 2.40. The van der Waals surface area contributed by atoms with Crippen LogP contribution in [0.5, 0.6) is 0 Å². The molecule has 1 aliphatic heterocycles. The predicted octanol–water partition coefficient (Wildman–Crippen LogP) is 4.38. The van der Waals surface area contributed by atoms with Crippen molar-refractivity contribution >= 4 is 16.1 Å². The molecule has 6 heteroatoms. The number of hydrogen-bond donors (Lipinski definition) is 0. The molecule has 1 amide bonds. The summed E-state index contributed by atoms with van der Waals surface area (Å²) in [6.07, 6.45) is 0.333. The first-order valence-corrected chi connectivity index (χ1v) is 9.95. The smallest absolute Gasteiger partial charge is 0.425 e. The van der Waals surface area contributed by atoms with E-state index in [4.69, 9.17) is 4.74 Å². The molecule has 1 aliphatic rings. The topological polar surface area (TPSA) is 63.7 Å². The van der Waals surface area contributed by atoms with Gasteiger partial charge in [-0.2, -0.15) is 4.31 Å². The van der Waals surface area contributed by atoms with Crippen LogP contribution in [-0.2, 0) is 14.8 Å². The molecule has 0 radical (unpaired) electrons. The van der Waals surface area contributed by atoms with Gasteiger partial charge in [0.05, 0.1) is 4.90 Å². The second-order valence-electron chi connectivity index (χ2n) is 6.42. The van der Waals surface area contributed by atoms with Gasteiger partial charge in [0, 0.05) is 0 Å². The van der Waals surface area contributed by atoms with Crippen molar-refractivity contribution in [3.63, 3.8) is 0 Å². The number of rotatable bonds is 6. The van der Waals surface area contributed by atoms with E-state index in [2.05, 4.69) is 13.2 Å². The number of amides is 1. The van der Waals surface area contributed by atoms with Crippen molar-refractivity contribution in [1.29, 1.82) is 0 Å². The van der Waals surface area contributed by atoms with Gasteiger partial charge >= 0.3 is 6.09 Å². The third-order valence-electron chi connectivity index (χ3n) is 4.48. The van der Waals surface area contributed by atoms with Gasteiger partial charge in [0.2, 0.25) is 0 Å². The highest BCUT2D eigenvalue weighted by molar-refractivity contribution is 7.89. The summed E-state index contributed by atoms with van der Waals surface area (Å²) in [6.45, 7) is 9.55. The van der Waals surface area contributed by atoms with Gasteiger partial charge < -0.3 is 4.74 Å². The molecule has 27 heavy (non-hydrogen) atoms. The number of nitrogens with zero attached hydrogens (tertiary/aromatic N) is 1. The van der Waals surface area contributed by atoms with E-state index < -0.39 is 28.3 Å². The minimum atomic E-state index is -4.09. The number of benzene rings is 2. The van der Waals surface area contributed by atoms with Crippen LogP contribution < -0.4 is 0 Å². The molecule has 1 fully saturated rings. The third kappa shape index (κ3) is 3.53. The molecule has 0 aliphatic carbocycles. The van der Waals surface area contributed by atoms with Crippen LogP contribution in [0.4, 0.5) is 4.79 Å². The molecule has 140 valence electrons. The summed E-state index contributed by atoms with van der Waals surface area (Å²) in [6, 6.07) is 14.6. The van der Waals surface area contributed by atoms with E-state index in [9.17, 15) is 13.2 Å². The second kappa shape index (κ2) is 7.40. The van der Waals surface area contributed by atoms with Crippen molar-refractivity contribution in [2.45, 2.75) is 30.4 Å². The average Bonchev–Trinajstić information content (AvgIpc) is 3.01. The summed E-state index contributed by atoms with van der Waals surface area (Å²) < 4.78 is 32.7. The van der Waals surface area contributed by atoms with Gasteiger partial charge in [-0.15, -0.1) is 6.58 Å². The quantitative estimate of drug-likeness (QED) is 0.695. The molecule has 2 aromatic rings. The first kappa shape index (κ1) is 18.9. The Bertz CT molecular complexity index is 965. The number of sulfonamides is 1. The van der Waals surface area contributed by atoms with Crippen LogP contribution in [-0.4, -0.2) is 24.9 Å². The number of carbonyl (C=O) groups is 1. The molecule has 2 atom stereocenters. The number of allylic oxidation sites excluding steroid dienone is 1. The Kier molecular flexibility index (Phi) is 5.19. The summed E-state index contributed by atoms with van der Waals surface area (Å²) >= 11 is 0. The van der Waals surface area contributed by atoms with Gasteiger partial charge in [0.15, 0.2) is 6.10 Å². The van der Waals surface area contributed by atoms with Crippen LogP contribution in [0.15, 0.2) is 84.3 Å². The molecule has 2 aromatic carbocycles. The standard InChI is InChI=1S/C21H21NO4S/c1-4-8-16(3)19-20(17-9-6-5-7-10-17)26-21(23)22(19)27(24,25)18-13-11-15(2)12-14-18/h4-7,9-14,19-20H,1,3,8H2,2H3/t19-,20-/m0/s1. The van der Waals surface area contributed by atoms with Gasteiger partial charge in [-0.25, -0.2) is 13.2 Å². The molecule has 1 heterocycles. The molecule has 0 bridgehead atoms. The molecule has 0 saturated carbocycles. The van der Waals surface area contributed by atoms with Gasteiger partial charge in [-0.3, -0.25) is 0 Å².